The summed E-state index contributed by atoms with van der Waals surface area (Å²) in [6, 6.07) is 12.2. The number of methoxy groups -OCH3 is 2. The van der Waals surface area contributed by atoms with E-state index in [1.165, 1.54) is 14.2 Å². The van der Waals surface area contributed by atoms with E-state index in [2.05, 4.69) is 0 Å². The van der Waals surface area contributed by atoms with Crippen molar-refractivity contribution in [1.29, 1.82) is 0 Å². The topological polar surface area (TPSA) is 69.7 Å². The lowest BCUT2D eigenvalue weighted by Crippen LogP contribution is -2.27. The average Bonchev–Trinajstić information content (AvgIpc) is 2.74. The van der Waals surface area contributed by atoms with Gasteiger partial charge in [0.15, 0.2) is 0 Å². The van der Waals surface area contributed by atoms with Crippen molar-refractivity contribution in [3.8, 4) is 11.1 Å². The summed E-state index contributed by atoms with van der Waals surface area (Å²) in [6.45, 7) is 1.99. The number of carbonyl (C=O) groups excluding carboxylic acids is 3. The second-order valence-corrected chi connectivity index (χ2v) is 7.12. The van der Waals surface area contributed by atoms with E-state index >= 15 is 0 Å². The van der Waals surface area contributed by atoms with Gasteiger partial charge in [-0.05, 0) is 47.7 Å². The first-order valence-electron chi connectivity index (χ1n) is 9.49. The Labute approximate surface area is 176 Å². The minimum atomic E-state index is -0.895. The summed E-state index contributed by atoms with van der Waals surface area (Å²) in [7, 11) is 2.59. The van der Waals surface area contributed by atoms with E-state index < -0.39 is 17.9 Å². The van der Waals surface area contributed by atoms with Crippen molar-refractivity contribution in [2.24, 2.45) is 5.92 Å². The minimum absolute atomic E-state index is 0.146. The predicted octanol–water partition coefficient (Wildman–Crippen LogP) is 4.88. The van der Waals surface area contributed by atoms with Crippen LogP contribution in [0.5, 0.6) is 0 Å². The van der Waals surface area contributed by atoms with Gasteiger partial charge in [-0.15, -0.1) is 0 Å². The SMILES string of the molecule is CCCCC(=O)C(Cc1ccccc1-c1cc(Cl)ccc1C(=O)OC)C(=O)OC. The quantitative estimate of drug-likeness (QED) is 0.430. The smallest absolute Gasteiger partial charge is 0.338 e. The molecule has 0 aliphatic heterocycles. The molecular formula is C23H25ClO5. The van der Waals surface area contributed by atoms with Crippen LogP contribution in [0.3, 0.4) is 0 Å². The maximum Gasteiger partial charge on any atom is 0.338 e. The van der Waals surface area contributed by atoms with Gasteiger partial charge in [0.1, 0.15) is 11.7 Å². The maximum atomic E-state index is 12.6. The van der Waals surface area contributed by atoms with Crippen LogP contribution in [0.25, 0.3) is 11.1 Å². The molecule has 0 fully saturated rings. The van der Waals surface area contributed by atoms with Crippen LogP contribution in [-0.4, -0.2) is 31.9 Å². The molecule has 0 saturated carbocycles. The van der Waals surface area contributed by atoms with E-state index in [1.807, 2.05) is 31.2 Å². The van der Waals surface area contributed by atoms with Gasteiger partial charge in [0.25, 0.3) is 0 Å². The van der Waals surface area contributed by atoms with Crippen LogP contribution in [-0.2, 0) is 25.5 Å². The van der Waals surface area contributed by atoms with Crippen molar-refractivity contribution >= 4 is 29.3 Å². The largest absolute Gasteiger partial charge is 0.468 e. The fraction of sp³-hybridized carbons (Fsp3) is 0.348. The van der Waals surface area contributed by atoms with Gasteiger partial charge in [0.05, 0.1) is 19.8 Å². The van der Waals surface area contributed by atoms with Gasteiger partial charge < -0.3 is 9.47 Å². The molecule has 154 valence electrons. The second kappa shape index (κ2) is 10.8. The Morgan fingerprint density at radius 2 is 1.72 bits per heavy atom. The molecule has 0 radical (unpaired) electrons. The molecule has 0 aromatic heterocycles. The Hall–Kier alpha value is -2.66. The molecule has 1 unspecified atom stereocenters. The molecule has 5 nitrogen and oxygen atoms in total. The molecular weight excluding hydrogens is 392 g/mol. The zero-order valence-corrected chi connectivity index (χ0v) is 17.6. The van der Waals surface area contributed by atoms with Crippen LogP contribution in [0, 0.1) is 5.92 Å². The molecule has 0 aliphatic carbocycles. The van der Waals surface area contributed by atoms with Crippen molar-refractivity contribution in [3.05, 3.63) is 58.6 Å². The molecule has 0 spiro atoms. The zero-order chi connectivity index (χ0) is 21.4. The first-order chi connectivity index (χ1) is 13.9. The first-order valence-corrected chi connectivity index (χ1v) is 9.87. The molecule has 0 saturated heterocycles. The van der Waals surface area contributed by atoms with Gasteiger partial charge in [-0.3, -0.25) is 9.59 Å². The van der Waals surface area contributed by atoms with E-state index in [0.29, 0.717) is 28.1 Å². The predicted molar refractivity (Wildman–Crippen MR) is 112 cm³/mol. The van der Waals surface area contributed by atoms with Crippen molar-refractivity contribution in [1.82, 2.24) is 0 Å². The van der Waals surface area contributed by atoms with Crippen LogP contribution < -0.4 is 0 Å². The van der Waals surface area contributed by atoms with Gasteiger partial charge in [0.2, 0.25) is 0 Å². The van der Waals surface area contributed by atoms with E-state index in [1.54, 1.807) is 18.2 Å². The van der Waals surface area contributed by atoms with Crippen LogP contribution in [0.15, 0.2) is 42.5 Å². The summed E-state index contributed by atoms with van der Waals surface area (Å²) in [6.07, 6.45) is 2.08. The normalized spacial score (nSPS) is 11.6. The van der Waals surface area contributed by atoms with Gasteiger partial charge in [-0.1, -0.05) is 49.2 Å². The lowest BCUT2D eigenvalue weighted by atomic mass is 9.87. The standard InChI is InChI=1S/C23H25ClO5/c1-4-5-10-21(25)20(23(27)29-3)13-15-8-6-7-9-17(15)19-14-16(24)11-12-18(19)22(26)28-2/h6-9,11-12,14,20H,4-5,10,13H2,1-3H3. The summed E-state index contributed by atoms with van der Waals surface area (Å²) in [5.41, 5.74) is 2.41. The molecule has 29 heavy (non-hydrogen) atoms. The number of benzene rings is 2. The summed E-state index contributed by atoms with van der Waals surface area (Å²) in [5.74, 6) is -2.09. The molecule has 2 aromatic rings. The van der Waals surface area contributed by atoms with Crippen LogP contribution in [0.1, 0.15) is 42.1 Å². The molecule has 0 amide bonds. The Morgan fingerprint density at radius 3 is 2.38 bits per heavy atom. The van der Waals surface area contributed by atoms with Gasteiger partial charge >= 0.3 is 11.9 Å². The average molecular weight is 417 g/mol. The number of ketones is 1. The molecule has 0 bridgehead atoms. The highest BCUT2D eigenvalue weighted by Gasteiger charge is 2.28. The number of carbonyl (C=O) groups is 3. The molecule has 2 aromatic carbocycles. The van der Waals surface area contributed by atoms with Crippen molar-refractivity contribution in [3.63, 3.8) is 0 Å². The van der Waals surface area contributed by atoms with E-state index in [-0.39, 0.29) is 12.2 Å². The van der Waals surface area contributed by atoms with Crippen LogP contribution in [0.2, 0.25) is 5.02 Å². The highest BCUT2D eigenvalue weighted by molar-refractivity contribution is 6.31. The number of hydrogen-bond acceptors (Lipinski definition) is 5. The number of hydrogen-bond donors (Lipinski definition) is 0. The molecule has 0 heterocycles. The van der Waals surface area contributed by atoms with E-state index in [4.69, 9.17) is 21.1 Å². The van der Waals surface area contributed by atoms with Crippen molar-refractivity contribution in [2.45, 2.75) is 32.6 Å². The zero-order valence-electron chi connectivity index (χ0n) is 16.9. The number of esters is 2. The Morgan fingerprint density at radius 1 is 1.00 bits per heavy atom. The third-order valence-electron chi connectivity index (χ3n) is 4.77. The fourth-order valence-electron chi connectivity index (χ4n) is 3.20. The molecule has 1 atom stereocenters. The van der Waals surface area contributed by atoms with Gasteiger partial charge in [-0.25, -0.2) is 4.79 Å². The van der Waals surface area contributed by atoms with Gasteiger partial charge in [-0.2, -0.15) is 0 Å². The van der Waals surface area contributed by atoms with Crippen molar-refractivity contribution in [2.75, 3.05) is 14.2 Å². The molecule has 0 N–H and O–H groups in total. The number of halogens is 1. The monoisotopic (exact) mass is 416 g/mol. The lowest BCUT2D eigenvalue weighted by Gasteiger charge is -2.17. The summed E-state index contributed by atoms with van der Waals surface area (Å²) in [5, 5.41) is 0.464. The minimum Gasteiger partial charge on any atom is -0.468 e. The van der Waals surface area contributed by atoms with E-state index in [9.17, 15) is 14.4 Å². The number of unbranched alkanes of at least 4 members (excludes halogenated alkanes) is 1. The van der Waals surface area contributed by atoms with Crippen LogP contribution >= 0.6 is 11.6 Å². The lowest BCUT2D eigenvalue weighted by molar-refractivity contribution is -0.149. The highest BCUT2D eigenvalue weighted by Crippen LogP contribution is 2.32. The number of rotatable bonds is 9. The van der Waals surface area contributed by atoms with Gasteiger partial charge in [0, 0.05) is 11.4 Å². The Balaban J connectivity index is 2.50. The summed E-state index contributed by atoms with van der Waals surface area (Å²) >= 11 is 6.17. The second-order valence-electron chi connectivity index (χ2n) is 6.69. The van der Waals surface area contributed by atoms with Crippen molar-refractivity contribution < 1.29 is 23.9 Å². The maximum absolute atomic E-state index is 12.6. The third kappa shape index (κ3) is 5.67. The number of Topliss-reactive ketones (excluding diaryl/α,β-unsaturated/α-hetero) is 1. The third-order valence-corrected chi connectivity index (χ3v) is 5.00. The summed E-state index contributed by atoms with van der Waals surface area (Å²) in [4.78, 5) is 37.2. The molecule has 0 aliphatic rings. The molecule has 2 rings (SSSR count). The Bertz CT molecular complexity index is 891. The molecule has 6 heteroatoms. The highest BCUT2D eigenvalue weighted by atomic mass is 35.5. The van der Waals surface area contributed by atoms with E-state index in [0.717, 1.165) is 18.4 Å². The summed E-state index contributed by atoms with van der Waals surface area (Å²) < 4.78 is 9.76. The Kier molecular flexibility index (Phi) is 8.40. The fourth-order valence-corrected chi connectivity index (χ4v) is 3.38. The van der Waals surface area contributed by atoms with Crippen LogP contribution in [0.4, 0.5) is 0 Å². The first kappa shape index (κ1) is 22.6. The number of ether oxygens (including phenoxy) is 2.